The molecule has 4 atom stereocenters. The predicted octanol–water partition coefficient (Wildman–Crippen LogP) is 9.92. The molecule has 0 aliphatic rings. The molecule has 0 spiro atoms. The second-order valence-corrected chi connectivity index (χ2v) is 15.4. The molecule has 0 aliphatic carbocycles. The number of hydrogen-bond donors (Lipinski definition) is 4. The number of phosphoric ester groups is 1. The summed E-state index contributed by atoms with van der Waals surface area (Å²) in [6.45, 7) is 2.57. The summed E-state index contributed by atoms with van der Waals surface area (Å²) in [6, 6.07) is -1.55. The third kappa shape index (κ3) is 38.2. The van der Waals surface area contributed by atoms with Crippen LogP contribution in [-0.4, -0.2) is 71.1 Å². The maximum absolute atomic E-state index is 12.6. The molecule has 5 N–H and O–H groups in total. The summed E-state index contributed by atoms with van der Waals surface area (Å²) in [5.74, 6) is -2.53. The summed E-state index contributed by atoms with van der Waals surface area (Å²) < 4.78 is 32.5. The van der Waals surface area contributed by atoms with E-state index in [-0.39, 0.29) is 12.8 Å². The molecule has 0 bridgehead atoms. The molecule has 0 aliphatic heterocycles. The highest BCUT2D eigenvalue weighted by atomic mass is 31.2. The Bertz CT molecular complexity index is 1260. The summed E-state index contributed by atoms with van der Waals surface area (Å²) in [5.41, 5.74) is 5.32. The highest BCUT2D eigenvalue weighted by Gasteiger charge is 2.28. The predicted molar refractivity (Wildman–Crippen MR) is 227 cm³/mol. The zero-order valence-electron chi connectivity index (χ0n) is 34.8. The van der Waals surface area contributed by atoms with Crippen LogP contribution in [0.15, 0.2) is 72.9 Å². The lowest BCUT2D eigenvalue weighted by molar-refractivity contribution is -0.161. The van der Waals surface area contributed by atoms with Gasteiger partial charge in [0.15, 0.2) is 6.10 Å². The van der Waals surface area contributed by atoms with Crippen LogP contribution in [-0.2, 0) is 37.5 Å². The van der Waals surface area contributed by atoms with Gasteiger partial charge >= 0.3 is 25.7 Å². The molecule has 0 aromatic carbocycles. The highest BCUT2D eigenvalue weighted by Crippen LogP contribution is 2.43. The van der Waals surface area contributed by atoms with Gasteiger partial charge in [-0.15, -0.1) is 0 Å². The van der Waals surface area contributed by atoms with Gasteiger partial charge in [0, 0.05) is 12.8 Å². The van der Waals surface area contributed by atoms with Crippen LogP contribution >= 0.6 is 7.82 Å². The number of unbranched alkanes of at least 4 members (excludes halogenated alkanes) is 12. The van der Waals surface area contributed by atoms with Gasteiger partial charge in [0.25, 0.3) is 0 Å². The molecule has 0 fully saturated rings. The van der Waals surface area contributed by atoms with Crippen LogP contribution < -0.4 is 5.73 Å². The molecule has 326 valence electrons. The summed E-state index contributed by atoms with van der Waals surface area (Å²) in [4.78, 5) is 45.9. The monoisotopic (exact) mass is 823 g/mol. The number of allylic oxidation sites excluding steroid dienone is 10. The minimum absolute atomic E-state index is 0.0466. The molecule has 0 aromatic heterocycles. The normalized spacial score (nSPS) is 15.0. The fourth-order valence-electron chi connectivity index (χ4n) is 5.11. The smallest absolute Gasteiger partial charge is 0.472 e. The number of carboxylic acid groups (broad SMARTS) is 1. The van der Waals surface area contributed by atoms with Crippen molar-refractivity contribution in [1.29, 1.82) is 0 Å². The molecular weight excluding hydrogens is 749 g/mol. The van der Waals surface area contributed by atoms with Crippen LogP contribution in [0.1, 0.15) is 149 Å². The Balaban J connectivity index is 4.59. The van der Waals surface area contributed by atoms with E-state index in [0.29, 0.717) is 32.1 Å². The lowest BCUT2D eigenvalue weighted by atomic mass is 10.1. The molecule has 57 heavy (non-hydrogen) atoms. The van der Waals surface area contributed by atoms with Crippen molar-refractivity contribution in [3.8, 4) is 0 Å². The molecule has 0 aromatic rings. The first-order chi connectivity index (χ1) is 27.5. The molecule has 0 radical (unpaired) electrons. The van der Waals surface area contributed by atoms with Crippen molar-refractivity contribution in [1.82, 2.24) is 0 Å². The van der Waals surface area contributed by atoms with Gasteiger partial charge < -0.3 is 30.3 Å². The maximum Gasteiger partial charge on any atom is 0.472 e. The van der Waals surface area contributed by atoms with Crippen molar-refractivity contribution < 1.29 is 52.6 Å². The highest BCUT2D eigenvalue weighted by molar-refractivity contribution is 7.47. The number of carbonyl (C=O) groups excluding carboxylic acids is 2. The zero-order valence-corrected chi connectivity index (χ0v) is 35.7. The number of aliphatic hydroxyl groups excluding tert-OH is 1. The number of hydrogen-bond acceptors (Lipinski definition) is 10. The summed E-state index contributed by atoms with van der Waals surface area (Å²) in [7, 11) is -4.75. The van der Waals surface area contributed by atoms with Gasteiger partial charge in [0.05, 0.1) is 19.3 Å². The largest absolute Gasteiger partial charge is 0.480 e. The average Bonchev–Trinajstić information content (AvgIpc) is 3.18. The van der Waals surface area contributed by atoms with Crippen molar-refractivity contribution in [2.45, 2.75) is 167 Å². The van der Waals surface area contributed by atoms with Crippen LogP contribution in [0.3, 0.4) is 0 Å². The first-order valence-corrected chi connectivity index (χ1v) is 22.6. The SMILES string of the molecule is CCCCC/C=C\C/C=C\CCCCCCCC(=O)OC[C@H](COP(=O)(O)OC[C@H](N)C(=O)O)OC(=O)CCC/C=C\C/C=C\C=C\[C@@H](O)C/C=C\CCCCC. The lowest BCUT2D eigenvalue weighted by Gasteiger charge is -2.20. The fourth-order valence-corrected chi connectivity index (χ4v) is 5.89. The number of carboxylic acids is 1. The van der Waals surface area contributed by atoms with Crippen LogP contribution in [0.4, 0.5) is 0 Å². The molecule has 0 saturated heterocycles. The van der Waals surface area contributed by atoms with Crippen LogP contribution in [0.2, 0.25) is 0 Å². The van der Waals surface area contributed by atoms with Crippen molar-refractivity contribution in [2.75, 3.05) is 19.8 Å². The van der Waals surface area contributed by atoms with E-state index in [1.165, 1.54) is 38.5 Å². The fraction of sp³-hybridized carbons (Fsp3) is 0.659. The number of phosphoric acid groups is 1. The number of esters is 2. The lowest BCUT2D eigenvalue weighted by Crippen LogP contribution is -2.34. The number of carbonyl (C=O) groups is 3. The summed E-state index contributed by atoms with van der Waals surface area (Å²) >= 11 is 0. The molecule has 0 amide bonds. The van der Waals surface area contributed by atoms with E-state index in [1.807, 2.05) is 36.5 Å². The van der Waals surface area contributed by atoms with Crippen molar-refractivity contribution in [3.63, 3.8) is 0 Å². The number of aliphatic carboxylic acids is 1. The zero-order chi connectivity index (χ0) is 42.2. The molecule has 0 heterocycles. The van der Waals surface area contributed by atoms with Gasteiger partial charge in [-0.3, -0.25) is 23.4 Å². The van der Waals surface area contributed by atoms with E-state index in [1.54, 1.807) is 6.08 Å². The standard InChI is InChI=1S/C44H74NO11P/c1-3-5-7-9-11-12-13-14-15-16-17-18-22-26-30-34-42(47)53-36-40(37-54-57(51,52)55-38-41(45)44(49)50)56-43(48)35-31-27-23-20-19-21-25-29-33-39(46)32-28-24-10-8-6-4-2/h11-12,14-15,20-21,23-25,28-29,33,39-41,46H,3-10,13,16-19,22,26-27,30-32,34-38,45H2,1-2H3,(H,49,50)(H,51,52)/b12-11-,15-14-,23-20-,25-21-,28-24-,33-29+/t39-,40+,41-/m0/s1. The van der Waals surface area contributed by atoms with E-state index >= 15 is 0 Å². The Hall–Kier alpha value is -3.12. The Morgan fingerprint density at radius 2 is 1.16 bits per heavy atom. The van der Waals surface area contributed by atoms with Crippen molar-refractivity contribution in [2.24, 2.45) is 5.73 Å². The van der Waals surface area contributed by atoms with Crippen LogP contribution in [0, 0.1) is 0 Å². The molecule has 13 heteroatoms. The van der Waals surface area contributed by atoms with E-state index in [9.17, 15) is 28.9 Å². The quantitative estimate of drug-likeness (QED) is 0.0152. The van der Waals surface area contributed by atoms with Gasteiger partial charge in [0.2, 0.25) is 0 Å². The van der Waals surface area contributed by atoms with Crippen LogP contribution in [0.5, 0.6) is 0 Å². The Morgan fingerprint density at radius 1 is 0.632 bits per heavy atom. The number of aliphatic hydroxyl groups is 1. The minimum atomic E-state index is -4.75. The third-order valence-corrected chi connectivity index (χ3v) is 9.46. The van der Waals surface area contributed by atoms with Crippen molar-refractivity contribution >= 4 is 25.7 Å². The summed E-state index contributed by atoms with van der Waals surface area (Å²) in [6.07, 6.45) is 41.4. The molecule has 0 rings (SSSR count). The molecule has 0 saturated carbocycles. The Kier molecular flexibility index (Phi) is 36.3. The molecule has 1 unspecified atom stereocenters. The topological polar surface area (TPSA) is 192 Å². The maximum atomic E-state index is 12.6. The van der Waals surface area contributed by atoms with Crippen molar-refractivity contribution in [3.05, 3.63) is 72.9 Å². The summed E-state index contributed by atoms with van der Waals surface area (Å²) in [5, 5.41) is 18.9. The Labute approximate surface area is 343 Å². The van der Waals surface area contributed by atoms with Gasteiger partial charge in [0.1, 0.15) is 12.6 Å². The van der Waals surface area contributed by atoms with Crippen LogP contribution in [0.25, 0.3) is 0 Å². The second kappa shape index (κ2) is 38.4. The van der Waals surface area contributed by atoms with Gasteiger partial charge in [-0.1, -0.05) is 132 Å². The van der Waals surface area contributed by atoms with E-state index in [0.717, 1.165) is 51.4 Å². The third-order valence-electron chi connectivity index (χ3n) is 8.51. The van der Waals surface area contributed by atoms with Gasteiger partial charge in [-0.05, 0) is 77.0 Å². The first-order valence-electron chi connectivity index (χ1n) is 21.1. The molecular formula is C44H74NO11P. The minimum Gasteiger partial charge on any atom is -0.480 e. The van der Waals surface area contributed by atoms with E-state index in [4.69, 9.17) is 24.8 Å². The average molecular weight is 824 g/mol. The first kappa shape index (κ1) is 53.9. The number of rotatable bonds is 38. The number of ether oxygens (including phenoxy) is 2. The number of nitrogens with two attached hydrogens (primary N) is 1. The Morgan fingerprint density at radius 3 is 1.79 bits per heavy atom. The van der Waals surface area contributed by atoms with Gasteiger partial charge in [-0.2, -0.15) is 0 Å². The second-order valence-electron chi connectivity index (χ2n) is 14.0. The molecule has 12 nitrogen and oxygen atoms in total. The van der Waals surface area contributed by atoms with E-state index in [2.05, 4.69) is 48.8 Å². The van der Waals surface area contributed by atoms with E-state index < -0.39 is 63.8 Å². The van der Waals surface area contributed by atoms with Gasteiger partial charge in [-0.25, -0.2) is 4.57 Å².